The summed E-state index contributed by atoms with van der Waals surface area (Å²) in [6, 6.07) is 11.4. The van der Waals surface area contributed by atoms with Crippen LogP contribution in [0.4, 0.5) is 30.2 Å². The number of fused-ring (bicyclic) bond motifs is 1. The van der Waals surface area contributed by atoms with E-state index in [0.29, 0.717) is 5.69 Å². The molecular weight excluding hydrogens is 407 g/mol. The molecule has 31 heavy (non-hydrogen) atoms. The molecule has 2 heterocycles. The van der Waals surface area contributed by atoms with E-state index in [0.717, 1.165) is 43.9 Å². The van der Waals surface area contributed by atoms with Crippen LogP contribution in [0.5, 0.6) is 0 Å². The molecule has 0 radical (unpaired) electrons. The number of nitrogens with one attached hydrogen (secondary N) is 1. The number of pyridine rings is 1. The summed E-state index contributed by atoms with van der Waals surface area (Å²) < 4.78 is 45.6. The molecule has 1 N–H and O–H groups in total. The van der Waals surface area contributed by atoms with Crippen molar-refractivity contribution in [2.45, 2.75) is 25.9 Å². The van der Waals surface area contributed by atoms with E-state index in [1.54, 1.807) is 6.92 Å². The number of halogens is 3. The zero-order valence-electron chi connectivity index (χ0n) is 17.0. The molecule has 3 aromatic rings. The van der Waals surface area contributed by atoms with Crippen LogP contribution in [0.25, 0.3) is 10.9 Å². The number of nitrogens with zero attached hydrogens (tertiary/aromatic N) is 2. The standard InChI is InChI=1S/C23H22F3N3O2/c1-2-31-22(30)18-14-27-21-17(6-5-7-19(21)23(24,25)26)20(18)28-15-8-10-16(11-9-15)29-12-3-4-13-29/h5-11,14H,2-4,12-13H2,1H3,(H,27,28). The maximum atomic E-state index is 13.5. The van der Waals surface area contributed by atoms with Crippen molar-refractivity contribution in [2.24, 2.45) is 0 Å². The van der Waals surface area contributed by atoms with E-state index in [1.807, 2.05) is 24.3 Å². The summed E-state index contributed by atoms with van der Waals surface area (Å²) in [4.78, 5) is 18.7. The Hall–Kier alpha value is -3.29. The molecule has 2 aromatic carbocycles. The Balaban J connectivity index is 1.78. The van der Waals surface area contributed by atoms with Crippen molar-refractivity contribution in [1.29, 1.82) is 0 Å². The van der Waals surface area contributed by atoms with Gasteiger partial charge in [-0.05, 0) is 50.1 Å². The highest BCUT2D eigenvalue weighted by atomic mass is 19.4. The van der Waals surface area contributed by atoms with E-state index in [-0.39, 0.29) is 28.8 Å². The average Bonchev–Trinajstić information content (AvgIpc) is 3.28. The zero-order chi connectivity index (χ0) is 22.0. The highest BCUT2D eigenvalue weighted by molar-refractivity contribution is 6.06. The lowest BCUT2D eigenvalue weighted by atomic mass is 10.0. The Morgan fingerprint density at radius 2 is 1.84 bits per heavy atom. The lowest BCUT2D eigenvalue weighted by molar-refractivity contribution is -0.136. The number of carbonyl (C=O) groups is 1. The van der Waals surface area contributed by atoms with Crippen LogP contribution >= 0.6 is 0 Å². The fourth-order valence-corrected chi connectivity index (χ4v) is 3.83. The number of anilines is 3. The van der Waals surface area contributed by atoms with Crippen LogP contribution in [0.1, 0.15) is 35.7 Å². The number of esters is 1. The molecule has 1 fully saturated rings. The molecule has 1 saturated heterocycles. The number of rotatable bonds is 5. The number of aromatic nitrogens is 1. The van der Waals surface area contributed by atoms with Gasteiger partial charge in [0.25, 0.3) is 0 Å². The Labute approximate surface area is 177 Å². The maximum absolute atomic E-state index is 13.5. The zero-order valence-corrected chi connectivity index (χ0v) is 17.0. The van der Waals surface area contributed by atoms with Gasteiger partial charge in [0.15, 0.2) is 0 Å². The number of para-hydroxylation sites is 1. The third kappa shape index (κ3) is 4.28. The minimum Gasteiger partial charge on any atom is -0.462 e. The molecule has 0 atom stereocenters. The minimum atomic E-state index is -4.56. The Morgan fingerprint density at radius 1 is 1.13 bits per heavy atom. The predicted octanol–water partition coefficient (Wildman–Crippen LogP) is 5.77. The summed E-state index contributed by atoms with van der Waals surface area (Å²) in [5, 5.41) is 3.32. The molecule has 0 spiro atoms. The first-order chi connectivity index (χ1) is 14.9. The normalized spacial score (nSPS) is 14.1. The van der Waals surface area contributed by atoms with E-state index >= 15 is 0 Å². The van der Waals surface area contributed by atoms with Crippen LogP contribution in [-0.4, -0.2) is 30.6 Å². The lowest BCUT2D eigenvalue weighted by Crippen LogP contribution is -2.17. The van der Waals surface area contributed by atoms with Crippen LogP contribution in [-0.2, 0) is 10.9 Å². The molecule has 1 aliphatic heterocycles. The van der Waals surface area contributed by atoms with Crippen molar-refractivity contribution in [1.82, 2.24) is 4.98 Å². The van der Waals surface area contributed by atoms with E-state index < -0.39 is 17.7 Å². The summed E-state index contributed by atoms with van der Waals surface area (Å²) in [6.07, 6.45) is -1.11. The largest absolute Gasteiger partial charge is 0.462 e. The van der Waals surface area contributed by atoms with Crippen molar-refractivity contribution in [3.8, 4) is 0 Å². The molecular formula is C23H22F3N3O2. The SMILES string of the molecule is CCOC(=O)c1cnc2c(C(F)(F)F)cccc2c1Nc1ccc(N2CCCC2)cc1. The van der Waals surface area contributed by atoms with E-state index in [2.05, 4.69) is 15.2 Å². The maximum Gasteiger partial charge on any atom is 0.418 e. The molecule has 1 aliphatic rings. The van der Waals surface area contributed by atoms with Gasteiger partial charge in [0, 0.05) is 36.0 Å². The van der Waals surface area contributed by atoms with Gasteiger partial charge in [-0.1, -0.05) is 12.1 Å². The topological polar surface area (TPSA) is 54.5 Å². The Morgan fingerprint density at radius 3 is 2.48 bits per heavy atom. The Bertz CT molecular complexity index is 1090. The highest BCUT2D eigenvalue weighted by Crippen LogP contribution is 2.38. The number of hydrogen-bond donors (Lipinski definition) is 1. The summed E-state index contributed by atoms with van der Waals surface area (Å²) in [5.74, 6) is -0.648. The summed E-state index contributed by atoms with van der Waals surface area (Å²) in [7, 11) is 0. The molecule has 0 amide bonds. The van der Waals surface area contributed by atoms with Crippen molar-refractivity contribution >= 4 is 33.9 Å². The quantitative estimate of drug-likeness (QED) is 0.522. The number of ether oxygens (including phenoxy) is 1. The predicted molar refractivity (Wildman–Crippen MR) is 114 cm³/mol. The van der Waals surface area contributed by atoms with E-state index in [4.69, 9.17) is 4.74 Å². The first-order valence-electron chi connectivity index (χ1n) is 10.2. The first kappa shape index (κ1) is 21.0. The second-order valence-electron chi connectivity index (χ2n) is 7.33. The van der Waals surface area contributed by atoms with Crippen LogP contribution < -0.4 is 10.2 Å². The molecule has 8 heteroatoms. The minimum absolute atomic E-state index is 0.0808. The summed E-state index contributed by atoms with van der Waals surface area (Å²) in [6.45, 7) is 3.83. The van der Waals surface area contributed by atoms with Gasteiger partial charge in [0.1, 0.15) is 5.56 Å². The number of hydrogen-bond acceptors (Lipinski definition) is 5. The molecule has 0 aliphatic carbocycles. The molecule has 162 valence electrons. The number of benzene rings is 2. The second-order valence-corrected chi connectivity index (χ2v) is 7.33. The van der Waals surface area contributed by atoms with Crippen molar-refractivity contribution < 1.29 is 22.7 Å². The van der Waals surface area contributed by atoms with Gasteiger partial charge in [-0.15, -0.1) is 0 Å². The van der Waals surface area contributed by atoms with Gasteiger partial charge in [-0.3, -0.25) is 4.98 Å². The fraction of sp³-hybridized carbons (Fsp3) is 0.304. The molecule has 0 saturated carbocycles. The van der Waals surface area contributed by atoms with Gasteiger partial charge < -0.3 is 15.0 Å². The lowest BCUT2D eigenvalue weighted by Gasteiger charge is -2.19. The van der Waals surface area contributed by atoms with Crippen LogP contribution in [0, 0.1) is 0 Å². The molecule has 5 nitrogen and oxygen atoms in total. The van der Waals surface area contributed by atoms with Crippen molar-refractivity contribution in [3.63, 3.8) is 0 Å². The van der Waals surface area contributed by atoms with Gasteiger partial charge in [-0.2, -0.15) is 13.2 Å². The molecule has 1 aromatic heterocycles. The Kier molecular flexibility index (Phi) is 5.71. The third-order valence-electron chi connectivity index (χ3n) is 5.31. The third-order valence-corrected chi connectivity index (χ3v) is 5.31. The van der Waals surface area contributed by atoms with Crippen LogP contribution in [0.3, 0.4) is 0 Å². The van der Waals surface area contributed by atoms with Gasteiger partial charge in [0.05, 0.1) is 23.4 Å². The van der Waals surface area contributed by atoms with Crippen LogP contribution in [0.15, 0.2) is 48.7 Å². The van der Waals surface area contributed by atoms with E-state index in [9.17, 15) is 18.0 Å². The molecule has 4 rings (SSSR count). The van der Waals surface area contributed by atoms with Crippen LogP contribution in [0.2, 0.25) is 0 Å². The van der Waals surface area contributed by atoms with Crippen molar-refractivity contribution in [2.75, 3.05) is 29.9 Å². The van der Waals surface area contributed by atoms with E-state index in [1.165, 1.54) is 12.1 Å². The average molecular weight is 429 g/mol. The summed E-state index contributed by atoms with van der Waals surface area (Å²) in [5.41, 5.74) is 0.985. The van der Waals surface area contributed by atoms with Crippen molar-refractivity contribution in [3.05, 3.63) is 59.8 Å². The first-order valence-corrected chi connectivity index (χ1v) is 10.2. The second kappa shape index (κ2) is 8.45. The monoisotopic (exact) mass is 429 g/mol. The highest BCUT2D eigenvalue weighted by Gasteiger charge is 2.34. The molecule has 0 unspecified atom stereocenters. The smallest absolute Gasteiger partial charge is 0.418 e. The fourth-order valence-electron chi connectivity index (χ4n) is 3.83. The molecule has 0 bridgehead atoms. The van der Waals surface area contributed by atoms with Gasteiger partial charge in [0.2, 0.25) is 0 Å². The van der Waals surface area contributed by atoms with Gasteiger partial charge >= 0.3 is 12.1 Å². The number of alkyl halides is 3. The van der Waals surface area contributed by atoms with Gasteiger partial charge in [-0.25, -0.2) is 4.79 Å². The number of carbonyl (C=O) groups excluding carboxylic acids is 1. The summed E-state index contributed by atoms with van der Waals surface area (Å²) >= 11 is 0.